The minimum Gasteiger partial charge on any atom is -0.453 e. The first kappa shape index (κ1) is 37.0. The summed E-state index contributed by atoms with van der Waals surface area (Å²) in [5.74, 6) is 1.30. The number of nitrogens with zero attached hydrogens (tertiary/aromatic N) is 4. The molecule has 6 aromatic rings. The molecule has 2 aromatic heterocycles. The Morgan fingerprint density at radius 2 is 1.43 bits per heavy atom. The van der Waals surface area contributed by atoms with Crippen LogP contribution in [0.2, 0.25) is 0 Å². The molecule has 3 amide bonds. The van der Waals surface area contributed by atoms with E-state index in [9.17, 15) is 14.4 Å². The van der Waals surface area contributed by atoms with Crippen LogP contribution in [0.25, 0.3) is 55.0 Å². The van der Waals surface area contributed by atoms with Gasteiger partial charge in [0.25, 0.3) is 0 Å². The lowest BCUT2D eigenvalue weighted by Crippen LogP contribution is -2.51. The number of aromatic nitrogens is 4. The molecule has 4 aromatic carbocycles. The van der Waals surface area contributed by atoms with Gasteiger partial charge < -0.3 is 29.7 Å². The van der Waals surface area contributed by atoms with Crippen LogP contribution in [0, 0.1) is 5.92 Å². The molecule has 12 heteroatoms. The minimum atomic E-state index is -0.685. The number of aromatic amines is 2. The summed E-state index contributed by atoms with van der Waals surface area (Å²) in [6.45, 7) is 10.7. The number of benzene rings is 4. The van der Waals surface area contributed by atoms with E-state index in [1.165, 1.54) is 7.11 Å². The van der Waals surface area contributed by atoms with Crippen molar-refractivity contribution in [2.24, 2.45) is 5.92 Å². The van der Waals surface area contributed by atoms with Crippen LogP contribution in [0.5, 0.6) is 0 Å². The second-order valence-corrected chi connectivity index (χ2v) is 16.4. The van der Waals surface area contributed by atoms with Crippen molar-refractivity contribution in [3.63, 3.8) is 0 Å². The van der Waals surface area contributed by atoms with Gasteiger partial charge in [0, 0.05) is 24.0 Å². The second kappa shape index (κ2) is 14.6. The molecule has 2 saturated heterocycles. The number of nitrogens with one attached hydrogen (secondary N) is 3. The molecule has 1 unspecified atom stereocenters. The van der Waals surface area contributed by atoms with E-state index in [1.807, 2.05) is 51.8 Å². The van der Waals surface area contributed by atoms with Gasteiger partial charge in [-0.1, -0.05) is 56.3 Å². The molecule has 8 rings (SSSR count). The smallest absolute Gasteiger partial charge is 0.410 e. The van der Waals surface area contributed by atoms with Gasteiger partial charge in [-0.05, 0) is 104 Å². The van der Waals surface area contributed by atoms with Crippen LogP contribution in [0.4, 0.5) is 9.59 Å². The van der Waals surface area contributed by atoms with Crippen molar-refractivity contribution >= 4 is 50.7 Å². The Balaban J connectivity index is 1.01. The standard InChI is InChI=1S/C44H49N7O5/c1-25(2)37(49-42(53)55-6)41(52)50-19-7-10-36(50)40-46-33-18-16-30-22-29(15-17-32(30)38(33)48-40)26-11-12-28-23-31(14-13-27(28)21-26)34-24-45-39(47-34)35-9-8-20-51(35)43(54)56-44(3,4)5/h11-18,21-25,35-37H,7-10,19-20H2,1-6H3,(H,45,47)(H,46,48)(H,49,53)/t35?,36-,37-/m0/s1. The topological polar surface area (TPSA) is 146 Å². The lowest BCUT2D eigenvalue weighted by atomic mass is 9.97. The molecule has 3 N–H and O–H groups in total. The summed E-state index contributed by atoms with van der Waals surface area (Å²) in [5, 5.41) is 7.11. The molecule has 290 valence electrons. The average molecular weight is 756 g/mol. The highest BCUT2D eigenvalue weighted by Gasteiger charge is 2.38. The molecule has 0 bridgehead atoms. The lowest BCUT2D eigenvalue weighted by molar-refractivity contribution is -0.135. The van der Waals surface area contributed by atoms with Gasteiger partial charge in [0.05, 0.1) is 42.1 Å². The van der Waals surface area contributed by atoms with Gasteiger partial charge in [0.15, 0.2) is 0 Å². The fraction of sp³-hybridized carbons (Fsp3) is 0.386. The quantitative estimate of drug-likeness (QED) is 0.147. The van der Waals surface area contributed by atoms with E-state index in [4.69, 9.17) is 19.4 Å². The van der Waals surface area contributed by atoms with Crippen LogP contribution in [0.3, 0.4) is 0 Å². The SMILES string of the molecule is COC(=O)N[C@H](C(=O)N1CCC[C@H]1c1nc2ccc3cc(-c4ccc5cc(-c6cnc(C7CCCN7C(=O)OC(C)(C)C)[nH]6)ccc5c4)ccc3c2[nH]1)C(C)C. The number of likely N-dealkylation sites (tertiary alicyclic amines) is 2. The Hall–Kier alpha value is -5.91. The Labute approximate surface area is 326 Å². The number of carbonyl (C=O) groups is 3. The maximum atomic E-state index is 13.7. The van der Waals surface area contributed by atoms with Crippen LogP contribution in [-0.4, -0.2) is 79.7 Å². The third-order valence-corrected chi connectivity index (χ3v) is 11.0. The molecule has 3 atom stereocenters. The van der Waals surface area contributed by atoms with Gasteiger partial charge >= 0.3 is 12.2 Å². The van der Waals surface area contributed by atoms with Gasteiger partial charge in [-0.25, -0.2) is 19.6 Å². The van der Waals surface area contributed by atoms with Gasteiger partial charge in [-0.15, -0.1) is 0 Å². The highest BCUT2D eigenvalue weighted by molar-refractivity contribution is 6.05. The molecule has 2 aliphatic heterocycles. The average Bonchev–Trinajstić information content (AvgIpc) is 4.01. The predicted molar refractivity (Wildman–Crippen MR) is 217 cm³/mol. The summed E-state index contributed by atoms with van der Waals surface area (Å²) in [7, 11) is 1.30. The van der Waals surface area contributed by atoms with Crippen molar-refractivity contribution in [3.05, 3.63) is 84.6 Å². The molecular weight excluding hydrogens is 707 g/mol. The van der Waals surface area contributed by atoms with Gasteiger partial charge in [0.1, 0.15) is 23.3 Å². The fourth-order valence-electron chi connectivity index (χ4n) is 8.19. The molecular formula is C44H49N7O5. The number of carbonyl (C=O) groups excluding carboxylic acids is 3. The van der Waals surface area contributed by atoms with Crippen LogP contribution in [0.15, 0.2) is 72.9 Å². The summed E-state index contributed by atoms with van der Waals surface area (Å²) < 4.78 is 10.4. The molecule has 0 radical (unpaired) electrons. The van der Waals surface area contributed by atoms with Gasteiger partial charge in [0.2, 0.25) is 5.91 Å². The van der Waals surface area contributed by atoms with Gasteiger partial charge in [-0.2, -0.15) is 0 Å². The van der Waals surface area contributed by atoms with E-state index in [0.717, 1.165) is 92.3 Å². The number of H-pyrrole nitrogens is 2. The first-order chi connectivity index (χ1) is 26.9. The van der Waals surface area contributed by atoms with Crippen LogP contribution < -0.4 is 5.32 Å². The van der Waals surface area contributed by atoms with Crippen LogP contribution in [0.1, 0.15) is 84.0 Å². The summed E-state index contributed by atoms with van der Waals surface area (Å²) in [6, 6.07) is 22.5. The van der Waals surface area contributed by atoms with Crippen molar-refractivity contribution in [1.29, 1.82) is 0 Å². The highest BCUT2D eigenvalue weighted by Crippen LogP contribution is 2.37. The molecule has 4 heterocycles. The largest absolute Gasteiger partial charge is 0.453 e. The minimum absolute atomic E-state index is 0.102. The summed E-state index contributed by atoms with van der Waals surface area (Å²) in [6.07, 6.45) is 4.33. The number of hydrogen-bond acceptors (Lipinski definition) is 7. The summed E-state index contributed by atoms with van der Waals surface area (Å²) in [4.78, 5) is 58.9. The Bertz CT molecular complexity index is 2460. The number of alkyl carbamates (subject to hydrolysis) is 1. The zero-order valence-electron chi connectivity index (χ0n) is 32.8. The number of rotatable bonds is 7. The second-order valence-electron chi connectivity index (χ2n) is 16.4. The number of hydrogen-bond donors (Lipinski definition) is 3. The Kier molecular flexibility index (Phi) is 9.68. The first-order valence-corrected chi connectivity index (χ1v) is 19.5. The van der Waals surface area contributed by atoms with E-state index in [1.54, 1.807) is 4.90 Å². The maximum Gasteiger partial charge on any atom is 0.410 e. The monoisotopic (exact) mass is 755 g/mol. The molecule has 0 spiro atoms. The van der Waals surface area contributed by atoms with E-state index in [2.05, 4.69) is 75.9 Å². The molecule has 0 saturated carbocycles. The van der Waals surface area contributed by atoms with E-state index >= 15 is 0 Å². The number of fused-ring (bicyclic) bond motifs is 4. The molecule has 56 heavy (non-hydrogen) atoms. The number of imidazole rings is 2. The van der Waals surface area contributed by atoms with Crippen LogP contribution in [-0.2, 0) is 14.3 Å². The molecule has 2 fully saturated rings. The lowest BCUT2D eigenvalue weighted by Gasteiger charge is -2.29. The fourth-order valence-corrected chi connectivity index (χ4v) is 8.19. The van der Waals surface area contributed by atoms with Crippen molar-refractivity contribution in [2.45, 2.75) is 84.0 Å². The van der Waals surface area contributed by atoms with Crippen LogP contribution >= 0.6 is 0 Å². The summed E-state index contributed by atoms with van der Waals surface area (Å²) in [5.41, 5.74) is 5.40. The van der Waals surface area contributed by atoms with Crippen molar-refractivity contribution in [1.82, 2.24) is 35.1 Å². The van der Waals surface area contributed by atoms with E-state index in [-0.39, 0.29) is 30.0 Å². The highest BCUT2D eigenvalue weighted by atomic mass is 16.6. The first-order valence-electron chi connectivity index (χ1n) is 19.5. The van der Waals surface area contributed by atoms with Crippen molar-refractivity contribution in [2.75, 3.05) is 20.2 Å². The van der Waals surface area contributed by atoms with E-state index < -0.39 is 17.7 Å². The third-order valence-electron chi connectivity index (χ3n) is 11.0. The zero-order chi connectivity index (χ0) is 39.3. The third kappa shape index (κ3) is 7.15. The Morgan fingerprint density at radius 3 is 2.12 bits per heavy atom. The number of ether oxygens (including phenoxy) is 2. The molecule has 2 aliphatic rings. The number of amides is 3. The van der Waals surface area contributed by atoms with E-state index in [0.29, 0.717) is 13.1 Å². The predicted octanol–water partition coefficient (Wildman–Crippen LogP) is 9.04. The maximum absolute atomic E-state index is 13.7. The summed E-state index contributed by atoms with van der Waals surface area (Å²) >= 11 is 0. The van der Waals surface area contributed by atoms with Crippen molar-refractivity contribution in [3.8, 4) is 22.4 Å². The van der Waals surface area contributed by atoms with Crippen molar-refractivity contribution < 1.29 is 23.9 Å². The Morgan fingerprint density at radius 1 is 0.804 bits per heavy atom. The number of methoxy groups -OCH3 is 1. The van der Waals surface area contributed by atoms with Gasteiger partial charge in [-0.3, -0.25) is 9.69 Å². The normalized spacial score (nSPS) is 18.0. The zero-order valence-corrected chi connectivity index (χ0v) is 32.8. The molecule has 12 nitrogen and oxygen atoms in total. The molecule has 0 aliphatic carbocycles.